The van der Waals surface area contributed by atoms with Crippen LogP contribution in [0.1, 0.15) is 31.1 Å². The minimum Gasteiger partial charge on any atom is -0.461 e. The molecule has 0 radical (unpaired) electrons. The van der Waals surface area contributed by atoms with Crippen molar-refractivity contribution in [1.82, 2.24) is 0 Å². The van der Waals surface area contributed by atoms with Gasteiger partial charge >= 0.3 is 5.97 Å². The Bertz CT molecular complexity index is 736. The number of carbonyl (C=O) groups excluding carboxylic acids is 3. The van der Waals surface area contributed by atoms with E-state index in [2.05, 4.69) is 0 Å². The number of anilines is 1. The van der Waals surface area contributed by atoms with Gasteiger partial charge in [-0.15, -0.1) is 0 Å². The Morgan fingerprint density at radius 1 is 1.33 bits per heavy atom. The van der Waals surface area contributed by atoms with E-state index in [1.54, 1.807) is 31.2 Å². The fraction of sp³-hybridized carbons (Fsp3) is 0.389. The highest BCUT2D eigenvalue weighted by atomic mass is 16.6. The fourth-order valence-corrected chi connectivity index (χ4v) is 2.59. The van der Waals surface area contributed by atoms with Crippen molar-refractivity contribution in [3.8, 4) is 0 Å². The molecule has 0 aliphatic carbocycles. The van der Waals surface area contributed by atoms with Crippen LogP contribution in [0.15, 0.2) is 35.9 Å². The molecule has 6 heteroatoms. The minimum absolute atomic E-state index is 0.0654. The van der Waals surface area contributed by atoms with Gasteiger partial charge in [-0.2, -0.15) is 0 Å². The van der Waals surface area contributed by atoms with Gasteiger partial charge in [-0.3, -0.25) is 9.59 Å². The van der Waals surface area contributed by atoms with Crippen LogP contribution >= 0.6 is 0 Å². The molecule has 2 atom stereocenters. The first-order valence-electron chi connectivity index (χ1n) is 7.77. The molecule has 24 heavy (non-hydrogen) atoms. The Hall–Kier alpha value is -2.47. The van der Waals surface area contributed by atoms with Crippen LogP contribution in [0.3, 0.4) is 0 Å². The molecule has 2 unspecified atom stereocenters. The zero-order chi connectivity index (χ0) is 17.5. The Balaban J connectivity index is 1.65. The number of amides is 2. The molecule has 0 spiro atoms. The number of hydrogen-bond donors (Lipinski definition) is 0. The highest BCUT2D eigenvalue weighted by Crippen LogP contribution is 2.34. The van der Waals surface area contributed by atoms with Crippen molar-refractivity contribution in [2.45, 2.75) is 26.9 Å². The average molecular weight is 329 g/mol. The lowest BCUT2D eigenvalue weighted by atomic mass is 9.82. The number of carbonyl (C=O) groups is 3. The van der Waals surface area contributed by atoms with E-state index in [1.165, 1.54) is 6.08 Å². The van der Waals surface area contributed by atoms with Crippen LogP contribution in [0.2, 0.25) is 0 Å². The van der Waals surface area contributed by atoms with Crippen LogP contribution in [0.4, 0.5) is 5.69 Å². The highest BCUT2D eigenvalue weighted by molar-refractivity contribution is 6.30. The predicted molar refractivity (Wildman–Crippen MR) is 86.5 cm³/mol. The molecule has 3 rings (SSSR count). The summed E-state index contributed by atoms with van der Waals surface area (Å²) < 4.78 is 10.7. The lowest BCUT2D eigenvalue weighted by Crippen LogP contribution is -2.51. The number of ether oxygens (including phenoxy) is 2. The highest BCUT2D eigenvalue weighted by Gasteiger charge is 2.42. The molecule has 1 saturated heterocycles. The first-order chi connectivity index (χ1) is 11.3. The zero-order valence-corrected chi connectivity index (χ0v) is 13.9. The summed E-state index contributed by atoms with van der Waals surface area (Å²) in [4.78, 5) is 37.0. The third-order valence-corrected chi connectivity index (χ3v) is 4.64. The molecule has 2 heterocycles. The Morgan fingerprint density at radius 3 is 2.46 bits per heavy atom. The smallest absolute Gasteiger partial charge is 0.338 e. The Morgan fingerprint density at radius 2 is 2.00 bits per heavy atom. The molecule has 1 aromatic rings. The Labute approximate surface area is 140 Å². The first kappa shape index (κ1) is 16.4. The number of esters is 1. The van der Waals surface area contributed by atoms with Crippen LogP contribution in [0.25, 0.3) is 0 Å². The van der Waals surface area contributed by atoms with E-state index in [-0.39, 0.29) is 23.3 Å². The third-order valence-electron chi connectivity index (χ3n) is 4.64. The van der Waals surface area contributed by atoms with Gasteiger partial charge in [-0.05, 0) is 38.1 Å². The number of benzene rings is 1. The molecular formula is C18H19NO5. The van der Waals surface area contributed by atoms with Gasteiger partial charge in [-0.1, -0.05) is 6.92 Å². The molecule has 0 N–H and O–H groups in total. The van der Waals surface area contributed by atoms with Crippen LogP contribution in [-0.2, 0) is 19.1 Å². The van der Waals surface area contributed by atoms with Gasteiger partial charge in [0, 0.05) is 11.6 Å². The summed E-state index contributed by atoms with van der Waals surface area (Å²) in [6.07, 6.45) is 1.36. The van der Waals surface area contributed by atoms with E-state index in [9.17, 15) is 14.4 Å². The molecule has 0 aromatic heterocycles. The van der Waals surface area contributed by atoms with Crippen molar-refractivity contribution in [3.63, 3.8) is 0 Å². The SMILES string of the molecule is CC1=CC(=O)N(c2ccc(C(=O)OCC3(C)COC3C)cc2)C1=O. The summed E-state index contributed by atoms with van der Waals surface area (Å²) in [5, 5.41) is 0. The first-order valence-corrected chi connectivity index (χ1v) is 7.77. The van der Waals surface area contributed by atoms with Crippen LogP contribution < -0.4 is 4.90 Å². The second-order valence-corrected chi connectivity index (χ2v) is 6.54. The van der Waals surface area contributed by atoms with Crippen molar-refractivity contribution in [1.29, 1.82) is 0 Å². The lowest BCUT2D eigenvalue weighted by molar-refractivity contribution is -0.185. The molecule has 2 aliphatic rings. The molecule has 2 aliphatic heterocycles. The largest absolute Gasteiger partial charge is 0.461 e. The van der Waals surface area contributed by atoms with Gasteiger partial charge in [0.25, 0.3) is 11.8 Å². The van der Waals surface area contributed by atoms with Gasteiger partial charge in [0.15, 0.2) is 0 Å². The quantitative estimate of drug-likeness (QED) is 0.625. The second-order valence-electron chi connectivity index (χ2n) is 6.54. The normalized spacial score (nSPS) is 26.2. The minimum atomic E-state index is -0.435. The molecule has 1 aromatic carbocycles. The maximum absolute atomic E-state index is 12.1. The molecule has 1 fully saturated rings. The van der Waals surface area contributed by atoms with Crippen molar-refractivity contribution in [2.75, 3.05) is 18.1 Å². The molecular weight excluding hydrogens is 310 g/mol. The van der Waals surface area contributed by atoms with Crippen LogP contribution in [0.5, 0.6) is 0 Å². The van der Waals surface area contributed by atoms with Crippen molar-refractivity contribution in [3.05, 3.63) is 41.5 Å². The van der Waals surface area contributed by atoms with E-state index < -0.39 is 5.97 Å². The van der Waals surface area contributed by atoms with E-state index in [0.717, 1.165) is 4.90 Å². The van der Waals surface area contributed by atoms with E-state index in [1.807, 2.05) is 13.8 Å². The van der Waals surface area contributed by atoms with Crippen LogP contribution in [-0.4, -0.2) is 37.1 Å². The number of imide groups is 1. The van der Waals surface area contributed by atoms with E-state index in [4.69, 9.17) is 9.47 Å². The molecule has 0 bridgehead atoms. The summed E-state index contributed by atoms with van der Waals surface area (Å²) in [5.41, 5.74) is 1.06. The fourth-order valence-electron chi connectivity index (χ4n) is 2.59. The number of rotatable bonds is 4. The molecule has 6 nitrogen and oxygen atoms in total. The summed E-state index contributed by atoms with van der Waals surface area (Å²) in [7, 11) is 0. The average Bonchev–Trinajstić information content (AvgIpc) is 2.83. The zero-order valence-electron chi connectivity index (χ0n) is 13.9. The standard InChI is InChI=1S/C18H19NO5/c1-11-8-15(20)19(16(11)21)14-6-4-13(5-7-14)17(22)24-10-18(3)9-23-12(18)2/h4-8,12H,9-10H2,1-3H3. The Kier molecular flexibility index (Phi) is 4.01. The van der Waals surface area contributed by atoms with Crippen molar-refractivity contribution >= 4 is 23.5 Å². The maximum atomic E-state index is 12.1. The van der Waals surface area contributed by atoms with E-state index >= 15 is 0 Å². The molecule has 126 valence electrons. The lowest BCUT2D eigenvalue weighted by Gasteiger charge is -2.44. The molecule has 2 amide bonds. The predicted octanol–water partition coefficient (Wildman–Crippen LogP) is 2.09. The number of nitrogens with zero attached hydrogens (tertiary/aromatic N) is 1. The summed E-state index contributed by atoms with van der Waals surface area (Å²) in [5.74, 6) is -1.16. The van der Waals surface area contributed by atoms with Crippen molar-refractivity contribution in [2.24, 2.45) is 5.41 Å². The summed E-state index contributed by atoms with van der Waals surface area (Å²) >= 11 is 0. The third kappa shape index (κ3) is 2.73. The van der Waals surface area contributed by atoms with Crippen LogP contribution in [0, 0.1) is 5.41 Å². The van der Waals surface area contributed by atoms with Gasteiger partial charge < -0.3 is 9.47 Å². The monoisotopic (exact) mass is 329 g/mol. The van der Waals surface area contributed by atoms with E-state index in [0.29, 0.717) is 30.0 Å². The van der Waals surface area contributed by atoms with Gasteiger partial charge in [0.2, 0.25) is 0 Å². The van der Waals surface area contributed by atoms with Gasteiger partial charge in [0.1, 0.15) is 6.61 Å². The summed E-state index contributed by atoms with van der Waals surface area (Å²) in [6.45, 7) is 6.42. The molecule has 0 saturated carbocycles. The van der Waals surface area contributed by atoms with Crippen molar-refractivity contribution < 1.29 is 23.9 Å². The van der Waals surface area contributed by atoms with Gasteiger partial charge in [-0.25, -0.2) is 9.69 Å². The van der Waals surface area contributed by atoms with Gasteiger partial charge in [0.05, 0.1) is 29.4 Å². The topological polar surface area (TPSA) is 72.9 Å². The maximum Gasteiger partial charge on any atom is 0.338 e. The number of hydrogen-bond acceptors (Lipinski definition) is 5. The summed E-state index contributed by atoms with van der Waals surface area (Å²) in [6, 6.07) is 6.23. The second kappa shape index (κ2) is 5.87.